The standard InChI is InChI=1S/C11H21NO/c1-8-4-5-11(13)9(2)6-12(3)7-10(8)11/h8-10,13H,4-7H2,1-3H3. The van der Waals surface area contributed by atoms with E-state index in [4.69, 9.17) is 0 Å². The molecule has 1 aliphatic carbocycles. The third-order valence-corrected chi connectivity index (χ3v) is 4.28. The predicted octanol–water partition coefficient (Wildman–Crippen LogP) is 1.35. The molecule has 1 N–H and O–H groups in total. The van der Waals surface area contributed by atoms with Crippen molar-refractivity contribution >= 4 is 0 Å². The lowest BCUT2D eigenvalue weighted by Gasteiger charge is -2.45. The molecule has 0 amide bonds. The van der Waals surface area contributed by atoms with Crippen molar-refractivity contribution in [3.63, 3.8) is 0 Å². The number of nitrogens with zero attached hydrogens (tertiary/aromatic N) is 1. The Labute approximate surface area is 80.9 Å². The summed E-state index contributed by atoms with van der Waals surface area (Å²) in [6.07, 6.45) is 2.23. The maximum atomic E-state index is 10.5. The van der Waals surface area contributed by atoms with Crippen molar-refractivity contribution < 1.29 is 5.11 Å². The van der Waals surface area contributed by atoms with Crippen LogP contribution in [0, 0.1) is 17.8 Å². The number of rotatable bonds is 0. The first-order valence-corrected chi connectivity index (χ1v) is 5.45. The highest BCUT2D eigenvalue weighted by atomic mass is 16.3. The van der Waals surface area contributed by atoms with Gasteiger partial charge in [-0.3, -0.25) is 0 Å². The summed E-state index contributed by atoms with van der Waals surface area (Å²) in [5.74, 6) is 1.66. The average molecular weight is 183 g/mol. The Hall–Kier alpha value is -0.0800. The molecule has 0 aromatic heterocycles. The zero-order valence-corrected chi connectivity index (χ0v) is 8.95. The first-order chi connectivity index (χ1) is 6.04. The summed E-state index contributed by atoms with van der Waals surface area (Å²) in [6.45, 7) is 6.62. The van der Waals surface area contributed by atoms with Gasteiger partial charge in [0.25, 0.3) is 0 Å². The molecule has 4 atom stereocenters. The van der Waals surface area contributed by atoms with Crippen LogP contribution >= 0.6 is 0 Å². The van der Waals surface area contributed by atoms with Gasteiger partial charge in [-0.15, -0.1) is 0 Å². The van der Waals surface area contributed by atoms with Gasteiger partial charge >= 0.3 is 0 Å². The molecule has 2 rings (SSSR count). The Morgan fingerprint density at radius 3 is 2.69 bits per heavy atom. The molecular formula is C11H21NO. The van der Waals surface area contributed by atoms with Crippen molar-refractivity contribution in [1.29, 1.82) is 0 Å². The Morgan fingerprint density at radius 2 is 2.00 bits per heavy atom. The van der Waals surface area contributed by atoms with Gasteiger partial charge in [0.2, 0.25) is 0 Å². The van der Waals surface area contributed by atoms with Gasteiger partial charge in [-0.25, -0.2) is 0 Å². The summed E-state index contributed by atoms with van der Waals surface area (Å²) < 4.78 is 0. The second kappa shape index (κ2) is 2.96. The molecule has 2 fully saturated rings. The van der Waals surface area contributed by atoms with Gasteiger partial charge in [-0.05, 0) is 31.7 Å². The number of likely N-dealkylation sites (tertiary alicyclic amines) is 1. The van der Waals surface area contributed by atoms with E-state index in [1.807, 2.05) is 0 Å². The fourth-order valence-corrected chi connectivity index (χ4v) is 3.32. The van der Waals surface area contributed by atoms with Crippen molar-refractivity contribution in [1.82, 2.24) is 4.90 Å². The zero-order valence-electron chi connectivity index (χ0n) is 8.95. The number of fused-ring (bicyclic) bond motifs is 1. The molecule has 13 heavy (non-hydrogen) atoms. The summed E-state index contributed by atoms with van der Waals surface area (Å²) in [7, 11) is 2.17. The molecule has 0 aromatic rings. The van der Waals surface area contributed by atoms with Crippen LogP contribution in [0.5, 0.6) is 0 Å². The Balaban J connectivity index is 2.21. The van der Waals surface area contributed by atoms with E-state index in [-0.39, 0.29) is 5.60 Å². The lowest BCUT2D eigenvalue weighted by Crippen LogP contribution is -2.54. The van der Waals surface area contributed by atoms with Crippen LogP contribution in [0.3, 0.4) is 0 Å². The SMILES string of the molecule is CC1CCC2(O)C(C)CN(C)CC12. The number of hydrogen-bond donors (Lipinski definition) is 1. The second-order valence-electron chi connectivity index (χ2n) is 5.24. The minimum absolute atomic E-state index is 0.341. The summed E-state index contributed by atoms with van der Waals surface area (Å²) in [5, 5.41) is 10.5. The van der Waals surface area contributed by atoms with Crippen LogP contribution in [0.15, 0.2) is 0 Å². The van der Waals surface area contributed by atoms with Crippen molar-refractivity contribution in [3.8, 4) is 0 Å². The number of aliphatic hydroxyl groups is 1. The van der Waals surface area contributed by atoms with Crippen LogP contribution < -0.4 is 0 Å². The van der Waals surface area contributed by atoms with Gasteiger partial charge in [0.1, 0.15) is 0 Å². The molecule has 0 bridgehead atoms. The van der Waals surface area contributed by atoms with Gasteiger partial charge in [0.15, 0.2) is 0 Å². The molecule has 0 spiro atoms. The third kappa shape index (κ3) is 1.31. The van der Waals surface area contributed by atoms with Crippen molar-refractivity contribution in [2.75, 3.05) is 20.1 Å². The van der Waals surface area contributed by atoms with Crippen LogP contribution in [0.1, 0.15) is 26.7 Å². The Morgan fingerprint density at radius 1 is 1.31 bits per heavy atom. The fourth-order valence-electron chi connectivity index (χ4n) is 3.32. The smallest absolute Gasteiger partial charge is 0.0728 e. The molecule has 0 aromatic carbocycles. The Bertz CT molecular complexity index is 206. The molecule has 4 unspecified atom stereocenters. The van der Waals surface area contributed by atoms with Crippen LogP contribution in [0.25, 0.3) is 0 Å². The lowest BCUT2D eigenvalue weighted by molar-refractivity contribution is -0.0961. The van der Waals surface area contributed by atoms with Crippen molar-refractivity contribution in [3.05, 3.63) is 0 Å². The van der Waals surface area contributed by atoms with E-state index in [9.17, 15) is 5.11 Å². The van der Waals surface area contributed by atoms with Gasteiger partial charge in [0, 0.05) is 19.0 Å². The quantitative estimate of drug-likeness (QED) is 0.612. The van der Waals surface area contributed by atoms with E-state index >= 15 is 0 Å². The predicted molar refractivity (Wildman–Crippen MR) is 53.5 cm³/mol. The molecule has 1 saturated heterocycles. The van der Waals surface area contributed by atoms with E-state index in [0.717, 1.165) is 19.5 Å². The topological polar surface area (TPSA) is 23.5 Å². The van der Waals surface area contributed by atoms with E-state index in [1.165, 1.54) is 6.42 Å². The van der Waals surface area contributed by atoms with Crippen LogP contribution in [-0.4, -0.2) is 35.7 Å². The van der Waals surface area contributed by atoms with Crippen LogP contribution in [0.2, 0.25) is 0 Å². The molecule has 1 saturated carbocycles. The zero-order chi connectivity index (χ0) is 9.64. The maximum Gasteiger partial charge on any atom is 0.0728 e. The van der Waals surface area contributed by atoms with E-state index in [2.05, 4.69) is 25.8 Å². The molecule has 1 aliphatic heterocycles. The van der Waals surface area contributed by atoms with Crippen LogP contribution in [-0.2, 0) is 0 Å². The molecule has 0 radical (unpaired) electrons. The van der Waals surface area contributed by atoms with Gasteiger partial charge < -0.3 is 10.0 Å². The van der Waals surface area contributed by atoms with E-state index in [1.54, 1.807) is 0 Å². The summed E-state index contributed by atoms with van der Waals surface area (Å²) in [6, 6.07) is 0. The monoisotopic (exact) mass is 183 g/mol. The van der Waals surface area contributed by atoms with Crippen molar-refractivity contribution in [2.45, 2.75) is 32.3 Å². The fraction of sp³-hybridized carbons (Fsp3) is 1.00. The molecule has 1 heterocycles. The van der Waals surface area contributed by atoms with Gasteiger partial charge in [-0.1, -0.05) is 13.8 Å². The normalized spacial score (nSPS) is 52.2. The molecule has 2 heteroatoms. The number of piperidine rings is 1. The van der Waals surface area contributed by atoms with Gasteiger partial charge in [0.05, 0.1) is 5.60 Å². The highest BCUT2D eigenvalue weighted by molar-refractivity contribution is 5.03. The minimum atomic E-state index is -0.341. The molecule has 2 aliphatic rings. The minimum Gasteiger partial charge on any atom is -0.389 e. The van der Waals surface area contributed by atoms with E-state index < -0.39 is 0 Å². The highest BCUT2D eigenvalue weighted by Gasteiger charge is 2.51. The third-order valence-electron chi connectivity index (χ3n) is 4.28. The van der Waals surface area contributed by atoms with Crippen LogP contribution in [0.4, 0.5) is 0 Å². The largest absolute Gasteiger partial charge is 0.389 e. The van der Waals surface area contributed by atoms with E-state index in [0.29, 0.717) is 17.8 Å². The molecular weight excluding hydrogens is 162 g/mol. The first kappa shape index (κ1) is 9.47. The summed E-state index contributed by atoms with van der Waals surface area (Å²) in [5.41, 5.74) is -0.341. The van der Waals surface area contributed by atoms with Crippen molar-refractivity contribution in [2.24, 2.45) is 17.8 Å². The lowest BCUT2D eigenvalue weighted by atomic mass is 9.74. The first-order valence-electron chi connectivity index (χ1n) is 5.45. The molecule has 76 valence electrons. The number of hydrogen-bond acceptors (Lipinski definition) is 2. The molecule has 2 nitrogen and oxygen atoms in total. The highest BCUT2D eigenvalue weighted by Crippen LogP contribution is 2.47. The van der Waals surface area contributed by atoms with Gasteiger partial charge in [-0.2, -0.15) is 0 Å². The summed E-state index contributed by atoms with van der Waals surface area (Å²) in [4.78, 5) is 2.37. The summed E-state index contributed by atoms with van der Waals surface area (Å²) >= 11 is 0. The second-order valence-corrected chi connectivity index (χ2v) is 5.24. The maximum absolute atomic E-state index is 10.5. The average Bonchev–Trinajstić information content (AvgIpc) is 2.33. The Kier molecular flexibility index (Phi) is 2.16.